The van der Waals surface area contributed by atoms with Gasteiger partial charge in [-0.25, -0.2) is 9.97 Å². The highest BCUT2D eigenvalue weighted by Gasteiger charge is 2.25. The van der Waals surface area contributed by atoms with E-state index in [2.05, 4.69) is 14.9 Å². The first-order valence-corrected chi connectivity index (χ1v) is 10.8. The number of anilines is 1. The number of carbonyl (C=O) groups excluding carboxylic acids is 1. The van der Waals surface area contributed by atoms with Crippen LogP contribution in [0.25, 0.3) is 11.3 Å². The first kappa shape index (κ1) is 22.4. The lowest BCUT2D eigenvalue weighted by molar-refractivity contribution is 0.0745. The van der Waals surface area contributed by atoms with Crippen LogP contribution in [0.4, 0.5) is 5.82 Å². The minimum atomic E-state index is -0.0715. The highest BCUT2D eigenvalue weighted by Crippen LogP contribution is 2.38. The van der Waals surface area contributed by atoms with Gasteiger partial charge in [-0.3, -0.25) is 4.79 Å². The number of aromatic nitrogens is 2. The van der Waals surface area contributed by atoms with E-state index >= 15 is 0 Å². The molecule has 3 aromatic rings. The Bertz CT molecular complexity index is 1100. The van der Waals surface area contributed by atoms with Gasteiger partial charge in [-0.15, -0.1) is 0 Å². The normalized spacial score (nSPS) is 13.6. The lowest BCUT2D eigenvalue weighted by Gasteiger charge is -2.35. The van der Waals surface area contributed by atoms with Crippen molar-refractivity contribution in [2.45, 2.75) is 6.92 Å². The zero-order valence-electron chi connectivity index (χ0n) is 19.4. The minimum absolute atomic E-state index is 0.0715. The van der Waals surface area contributed by atoms with Crippen molar-refractivity contribution >= 4 is 11.7 Å². The van der Waals surface area contributed by atoms with Crippen LogP contribution in [0.2, 0.25) is 0 Å². The van der Waals surface area contributed by atoms with E-state index in [-0.39, 0.29) is 5.91 Å². The van der Waals surface area contributed by atoms with Crippen LogP contribution in [0.5, 0.6) is 17.2 Å². The molecule has 0 unspecified atom stereocenters. The molecule has 0 radical (unpaired) electrons. The molecule has 2 heterocycles. The fourth-order valence-corrected chi connectivity index (χ4v) is 4.00. The summed E-state index contributed by atoms with van der Waals surface area (Å²) < 4.78 is 16.1. The molecule has 1 amide bonds. The van der Waals surface area contributed by atoms with Gasteiger partial charge in [0, 0.05) is 43.4 Å². The highest BCUT2D eigenvalue weighted by molar-refractivity contribution is 5.95. The zero-order chi connectivity index (χ0) is 23.4. The molecular weight excluding hydrogens is 420 g/mol. The molecule has 1 fully saturated rings. The fourth-order valence-electron chi connectivity index (χ4n) is 4.00. The van der Waals surface area contributed by atoms with Crippen LogP contribution in [0.3, 0.4) is 0 Å². The molecule has 1 aliphatic heterocycles. The third-order valence-corrected chi connectivity index (χ3v) is 5.70. The topological polar surface area (TPSA) is 77.0 Å². The number of aryl methyl sites for hydroxylation is 1. The lowest BCUT2D eigenvalue weighted by atomic mass is 10.1. The van der Waals surface area contributed by atoms with Gasteiger partial charge >= 0.3 is 0 Å². The molecule has 0 spiro atoms. The molecule has 0 bridgehead atoms. The van der Waals surface area contributed by atoms with Gasteiger partial charge in [0.1, 0.15) is 11.6 Å². The summed E-state index contributed by atoms with van der Waals surface area (Å²) >= 11 is 0. The Balaban J connectivity index is 1.50. The van der Waals surface area contributed by atoms with Crippen molar-refractivity contribution in [2.75, 3.05) is 52.4 Å². The molecule has 0 N–H and O–H groups in total. The number of hydrogen-bond acceptors (Lipinski definition) is 7. The SMILES string of the molecule is COc1cc(C(=O)N2CCN(c3cc(-c4ccccc4)nc(C)n3)CC2)cc(OC)c1OC. The van der Waals surface area contributed by atoms with E-state index < -0.39 is 0 Å². The number of benzene rings is 2. The predicted octanol–water partition coefficient (Wildman–Crippen LogP) is 3.44. The maximum atomic E-state index is 13.2. The van der Waals surface area contributed by atoms with Gasteiger partial charge < -0.3 is 24.0 Å². The van der Waals surface area contributed by atoms with E-state index in [0.717, 1.165) is 22.9 Å². The van der Waals surface area contributed by atoms with Gasteiger partial charge in [0.15, 0.2) is 11.5 Å². The summed E-state index contributed by atoms with van der Waals surface area (Å²) in [5, 5.41) is 0. The molecule has 1 saturated heterocycles. The molecule has 0 saturated carbocycles. The Kier molecular flexibility index (Phi) is 6.63. The first-order valence-electron chi connectivity index (χ1n) is 10.8. The second-order valence-electron chi connectivity index (χ2n) is 7.72. The summed E-state index contributed by atoms with van der Waals surface area (Å²) in [5.41, 5.74) is 2.46. The molecule has 0 aliphatic carbocycles. The Morgan fingerprint density at radius 1 is 0.848 bits per heavy atom. The maximum Gasteiger partial charge on any atom is 0.254 e. The standard InChI is InChI=1S/C25H28N4O4/c1-17-26-20(18-8-6-5-7-9-18)16-23(27-17)28-10-12-29(13-11-28)25(30)19-14-21(31-2)24(33-4)22(15-19)32-3/h5-9,14-16H,10-13H2,1-4H3. The Labute approximate surface area is 193 Å². The van der Waals surface area contributed by atoms with Gasteiger partial charge in [0.05, 0.1) is 27.0 Å². The van der Waals surface area contributed by atoms with Crippen molar-refractivity contribution in [2.24, 2.45) is 0 Å². The van der Waals surface area contributed by atoms with Crippen LogP contribution < -0.4 is 19.1 Å². The second-order valence-corrected chi connectivity index (χ2v) is 7.72. The summed E-state index contributed by atoms with van der Waals surface area (Å²) in [5.74, 6) is 2.92. The van der Waals surface area contributed by atoms with E-state index in [0.29, 0.717) is 49.0 Å². The summed E-state index contributed by atoms with van der Waals surface area (Å²) in [6.07, 6.45) is 0. The number of nitrogens with zero attached hydrogens (tertiary/aromatic N) is 4. The van der Waals surface area contributed by atoms with Crippen molar-refractivity contribution in [3.05, 3.63) is 59.9 Å². The summed E-state index contributed by atoms with van der Waals surface area (Å²) in [6, 6.07) is 15.5. The van der Waals surface area contributed by atoms with Crippen molar-refractivity contribution < 1.29 is 19.0 Å². The molecular formula is C25H28N4O4. The molecule has 1 aromatic heterocycles. The smallest absolute Gasteiger partial charge is 0.254 e. The highest BCUT2D eigenvalue weighted by atomic mass is 16.5. The van der Waals surface area contributed by atoms with Crippen molar-refractivity contribution in [3.63, 3.8) is 0 Å². The molecule has 1 aliphatic rings. The Morgan fingerprint density at radius 3 is 2.06 bits per heavy atom. The van der Waals surface area contributed by atoms with E-state index in [1.54, 1.807) is 19.2 Å². The predicted molar refractivity (Wildman–Crippen MR) is 126 cm³/mol. The fraction of sp³-hybridized carbons (Fsp3) is 0.320. The van der Waals surface area contributed by atoms with Gasteiger partial charge in [0.25, 0.3) is 5.91 Å². The second kappa shape index (κ2) is 9.77. The Hall–Kier alpha value is -3.81. The van der Waals surface area contributed by atoms with Crippen LogP contribution >= 0.6 is 0 Å². The van der Waals surface area contributed by atoms with E-state index in [4.69, 9.17) is 14.2 Å². The molecule has 0 atom stereocenters. The molecule has 2 aromatic carbocycles. The van der Waals surface area contributed by atoms with E-state index in [9.17, 15) is 4.79 Å². The molecule has 172 valence electrons. The number of ether oxygens (including phenoxy) is 3. The number of rotatable bonds is 6. The number of hydrogen-bond donors (Lipinski definition) is 0. The van der Waals surface area contributed by atoms with Gasteiger partial charge in [-0.2, -0.15) is 0 Å². The van der Waals surface area contributed by atoms with Crippen LogP contribution in [0, 0.1) is 6.92 Å². The summed E-state index contributed by atoms with van der Waals surface area (Å²) in [7, 11) is 4.62. The van der Waals surface area contributed by atoms with Crippen LogP contribution in [0.1, 0.15) is 16.2 Å². The average Bonchev–Trinajstić information content (AvgIpc) is 2.87. The van der Waals surface area contributed by atoms with Crippen LogP contribution in [0.15, 0.2) is 48.5 Å². The van der Waals surface area contributed by atoms with E-state index in [1.165, 1.54) is 14.2 Å². The third kappa shape index (κ3) is 4.69. The quantitative estimate of drug-likeness (QED) is 0.572. The molecule has 33 heavy (non-hydrogen) atoms. The number of methoxy groups -OCH3 is 3. The monoisotopic (exact) mass is 448 g/mol. The third-order valence-electron chi connectivity index (χ3n) is 5.70. The average molecular weight is 449 g/mol. The van der Waals surface area contributed by atoms with Crippen molar-refractivity contribution in [3.8, 4) is 28.5 Å². The number of carbonyl (C=O) groups is 1. The number of piperazine rings is 1. The van der Waals surface area contributed by atoms with Crippen LogP contribution in [-0.2, 0) is 0 Å². The zero-order valence-corrected chi connectivity index (χ0v) is 19.4. The van der Waals surface area contributed by atoms with Gasteiger partial charge in [-0.05, 0) is 19.1 Å². The Morgan fingerprint density at radius 2 is 1.48 bits per heavy atom. The minimum Gasteiger partial charge on any atom is -0.493 e. The maximum absolute atomic E-state index is 13.2. The van der Waals surface area contributed by atoms with E-state index in [1.807, 2.05) is 48.2 Å². The first-order chi connectivity index (χ1) is 16.0. The molecule has 8 nitrogen and oxygen atoms in total. The van der Waals surface area contributed by atoms with Gasteiger partial charge in [0.2, 0.25) is 5.75 Å². The lowest BCUT2D eigenvalue weighted by Crippen LogP contribution is -2.49. The van der Waals surface area contributed by atoms with Crippen molar-refractivity contribution in [1.82, 2.24) is 14.9 Å². The number of amides is 1. The van der Waals surface area contributed by atoms with Crippen molar-refractivity contribution in [1.29, 1.82) is 0 Å². The summed E-state index contributed by atoms with van der Waals surface area (Å²) in [4.78, 5) is 26.5. The molecule has 8 heteroatoms. The molecule has 4 rings (SSSR count). The van der Waals surface area contributed by atoms with Gasteiger partial charge in [-0.1, -0.05) is 30.3 Å². The summed E-state index contributed by atoms with van der Waals surface area (Å²) in [6.45, 7) is 4.43. The largest absolute Gasteiger partial charge is 0.493 e. The van der Waals surface area contributed by atoms with Crippen LogP contribution in [-0.4, -0.2) is 68.3 Å².